The summed E-state index contributed by atoms with van der Waals surface area (Å²) in [5.41, 5.74) is 0. The maximum atomic E-state index is 11.3. The molecule has 0 bridgehead atoms. The van der Waals surface area contributed by atoms with E-state index in [0.29, 0.717) is 0 Å². The summed E-state index contributed by atoms with van der Waals surface area (Å²) in [6.07, 6.45) is -0.284. The Balaban J connectivity index is 2.73. The number of rotatable bonds is 4. The highest BCUT2D eigenvalue weighted by Gasteiger charge is 2.38. The van der Waals surface area contributed by atoms with Crippen molar-refractivity contribution >= 4 is 27.8 Å². The molecule has 2 amide bonds. The predicted molar refractivity (Wildman–Crippen MR) is 50.7 cm³/mol. The number of aliphatic carboxylic acids is 1. The molecule has 1 saturated heterocycles. The molecule has 1 unspecified atom stereocenters. The first-order chi connectivity index (χ1) is 7.23. The van der Waals surface area contributed by atoms with Gasteiger partial charge in [-0.1, -0.05) is 0 Å². The van der Waals surface area contributed by atoms with Crippen LogP contribution < -0.4 is 4.72 Å². The summed E-state index contributed by atoms with van der Waals surface area (Å²) in [7, 11) is -2.86. The van der Waals surface area contributed by atoms with Gasteiger partial charge in [-0.25, -0.2) is 13.1 Å². The highest BCUT2D eigenvalue weighted by Crippen LogP contribution is 2.11. The molecule has 0 saturated carbocycles. The van der Waals surface area contributed by atoms with Gasteiger partial charge >= 0.3 is 5.97 Å². The van der Waals surface area contributed by atoms with Gasteiger partial charge in [0.1, 0.15) is 6.04 Å². The summed E-state index contributed by atoms with van der Waals surface area (Å²) in [6.45, 7) is 0. The summed E-state index contributed by atoms with van der Waals surface area (Å²) >= 11 is 0. The quantitative estimate of drug-likeness (QED) is 0.543. The molecule has 9 heteroatoms. The number of imide groups is 1. The first-order valence-electron chi connectivity index (χ1n) is 4.25. The summed E-state index contributed by atoms with van der Waals surface area (Å²) in [4.78, 5) is 33.4. The Bertz CT molecular complexity index is 442. The fourth-order valence-corrected chi connectivity index (χ4v) is 2.29. The van der Waals surface area contributed by atoms with Crippen LogP contribution in [0.3, 0.4) is 0 Å². The van der Waals surface area contributed by atoms with E-state index < -0.39 is 39.6 Å². The Morgan fingerprint density at radius 2 is 2.12 bits per heavy atom. The number of carbonyl (C=O) groups is 3. The van der Waals surface area contributed by atoms with E-state index >= 15 is 0 Å². The largest absolute Gasteiger partial charge is 0.480 e. The Hall–Kier alpha value is -1.48. The van der Waals surface area contributed by atoms with Crippen molar-refractivity contribution in [3.05, 3.63) is 0 Å². The Kier molecular flexibility index (Phi) is 3.29. The van der Waals surface area contributed by atoms with Crippen molar-refractivity contribution in [2.24, 2.45) is 0 Å². The molecule has 0 aromatic heterocycles. The lowest BCUT2D eigenvalue weighted by atomic mass is 10.3. The van der Waals surface area contributed by atoms with Crippen molar-refractivity contribution in [1.29, 1.82) is 0 Å². The van der Waals surface area contributed by atoms with Gasteiger partial charge in [0.2, 0.25) is 21.8 Å². The van der Waals surface area contributed by atoms with E-state index in [0.717, 1.165) is 4.90 Å². The van der Waals surface area contributed by atoms with Crippen molar-refractivity contribution in [2.45, 2.75) is 12.5 Å². The van der Waals surface area contributed by atoms with Crippen molar-refractivity contribution in [2.75, 3.05) is 12.8 Å². The molecule has 0 aromatic rings. The van der Waals surface area contributed by atoms with Gasteiger partial charge in [-0.3, -0.25) is 19.3 Å². The molecule has 0 radical (unpaired) electrons. The number of carbonyl (C=O) groups excluding carboxylic acids is 2. The molecule has 2 N–H and O–H groups in total. The maximum absolute atomic E-state index is 11.3. The number of hydrogen-bond donors (Lipinski definition) is 2. The summed E-state index contributed by atoms with van der Waals surface area (Å²) in [5.74, 6) is -3.85. The first-order valence-corrected chi connectivity index (χ1v) is 5.90. The molecule has 0 spiro atoms. The molecule has 1 fully saturated rings. The van der Waals surface area contributed by atoms with Gasteiger partial charge in [0.15, 0.2) is 5.75 Å². The lowest BCUT2D eigenvalue weighted by Crippen LogP contribution is -2.42. The highest BCUT2D eigenvalue weighted by molar-refractivity contribution is 7.90. The van der Waals surface area contributed by atoms with Crippen LogP contribution in [0.15, 0.2) is 0 Å². The van der Waals surface area contributed by atoms with Crippen LogP contribution >= 0.6 is 0 Å². The fourth-order valence-electron chi connectivity index (χ4n) is 1.27. The van der Waals surface area contributed by atoms with Crippen LogP contribution in [0.2, 0.25) is 0 Å². The normalized spacial score (nSPS) is 21.6. The molecule has 16 heavy (non-hydrogen) atoms. The van der Waals surface area contributed by atoms with Crippen molar-refractivity contribution in [3.8, 4) is 0 Å². The average Bonchev–Trinajstić information content (AvgIpc) is 2.30. The van der Waals surface area contributed by atoms with Crippen LogP contribution in [0.25, 0.3) is 0 Å². The van der Waals surface area contributed by atoms with Gasteiger partial charge < -0.3 is 5.11 Å². The fraction of sp³-hybridized carbons (Fsp3) is 0.571. The third kappa shape index (κ3) is 2.76. The van der Waals surface area contributed by atoms with Gasteiger partial charge in [0.25, 0.3) is 0 Å². The monoisotopic (exact) mass is 250 g/mol. The minimum atomic E-state index is -4.09. The van der Waals surface area contributed by atoms with E-state index in [1.807, 2.05) is 4.72 Å². The number of sulfonamides is 1. The van der Waals surface area contributed by atoms with Gasteiger partial charge in [0.05, 0.1) is 6.42 Å². The van der Waals surface area contributed by atoms with Crippen molar-refractivity contribution in [3.63, 3.8) is 0 Å². The average molecular weight is 250 g/mol. The SMILES string of the molecule is CN1C(=O)CC(NS(=O)(=O)CC(=O)O)C1=O. The molecular weight excluding hydrogens is 240 g/mol. The van der Waals surface area contributed by atoms with Gasteiger partial charge in [-0.2, -0.15) is 0 Å². The minimum Gasteiger partial charge on any atom is -0.480 e. The second-order valence-corrected chi connectivity index (χ2v) is 5.07. The van der Waals surface area contributed by atoms with Crippen LogP contribution in [0.1, 0.15) is 6.42 Å². The van der Waals surface area contributed by atoms with E-state index in [9.17, 15) is 22.8 Å². The topological polar surface area (TPSA) is 121 Å². The molecule has 90 valence electrons. The smallest absolute Gasteiger partial charge is 0.320 e. The molecule has 1 atom stereocenters. The number of nitrogens with zero attached hydrogens (tertiary/aromatic N) is 1. The molecule has 1 rings (SSSR count). The lowest BCUT2D eigenvalue weighted by molar-refractivity contribution is -0.137. The number of hydrogen-bond acceptors (Lipinski definition) is 5. The summed E-state index contributed by atoms with van der Waals surface area (Å²) < 4.78 is 24.2. The molecule has 0 aliphatic carbocycles. The number of likely N-dealkylation sites (tertiary alicyclic amines) is 1. The van der Waals surface area contributed by atoms with E-state index in [1.54, 1.807) is 0 Å². The summed E-state index contributed by atoms with van der Waals surface area (Å²) in [6, 6.07) is -1.19. The molecule has 1 heterocycles. The molecular formula is C7H10N2O6S. The third-order valence-corrected chi connectivity index (χ3v) is 3.29. The number of nitrogens with one attached hydrogen (secondary N) is 1. The number of carboxylic acid groups (broad SMARTS) is 1. The molecule has 0 aromatic carbocycles. The van der Waals surface area contributed by atoms with Crippen LogP contribution in [-0.4, -0.2) is 55.1 Å². The van der Waals surface area contributed by atoms with Crippen LogP contribution in [0.5, 0.6) is 0 Å². The van der Waals surface area contributed by atoms with Crippen LogP contribution in [-0.2, 0) is 24.4 Å². The highest BCUT2D eigenvalue weighted by atomic mass is 32.2. The van der Waals surface area contributed by atoms with Gasteiger partial charge in [-0.15, -0.1) is 0 Å². The number of likely N-dealkylation sites (N-methyl/N-ethyl adjacent to an activating group) is 1. The Morgan fingerprint density at radius 3 is 2.50 bits per heavy atom. The zero-order valence-electron chi connectivity index (χ0n) is 8.34. The zero-order valence-corrected chi connectivity index (χ0v) is 9.15. The Morgan fingerprint density at radius 1 is 1.56 bits per heavy atom. The maximum Gasteiger partial charge on any atom is 0.320 e. The zero-order chi connectivity index (χ0) is 12.5. The summed E-state index contributed by atoms with van der Waals surface area (Å²) in [5, 5.41) is 8.31. The van der Waals surface area contributed by atoms with E-state index in [1.165, 1.54) is 7.05 Å². The molecule has 8 nitrogen and oxygen atoms in total. The number of amides is 2. The van der Waals surface area contributed by atoms with Gasteiger partial charge in [0, 0.05) is 7.05 Å². The van der Waals surface area contributed by atoms with E-state index in [2.05, 4.69) is 0 Å². The first kappa shape index (κ1) is 12.6. The second-order valence-electron chi connectivity index (χ2n) is 3.32. The van der Waals surface area contributed by atoms with Crippen LogP contribution in [0.4, 0.5) is 0 Å². The van der Waals surface area contributed by atoms with E-state index in [-0.39, 0.29) is 6.42 Å². The lowest BCUT2D eigenvalue weighted by Gasteiger charge is -2.10. The van der Waals surface area contributed by atoms with E-state index in [4.69, 9.17) is 5.11 Å². The molecule has 1 aliphatic rings. The standard InChI is InChI=1S/C7H10N2O6S/c1-9-5(10)2-4(7(9)13)8-16(14,15)3-6(11)12/h4,8H,2-3H2,1H3,(H,11,12). The molecule has 1 aliphatic heterocycles. The van der Waals surface area contributed by atoms with Crippen molar-refractivity contribution < 1.29 is 27.9 Å². The second kappa shape index (κ2) is 4.18. The van der Waals surface area contributed by atoms with Crippen molar-refractivity contribution in [1.82, 2.24) is 9.62 Å². The predicted octanol–water partition coefficient (Wildman–Crippen LogP) is -2.25. The van der Waals surface area contributed by atoms with Crippen LogP contribution in [0, 0.1) is 0 Å². The minimum absolute atomic E-state index is 0.284. The number of carboxylic acids is 1. The Labute approximate surface area is 91.3 Å². The third-order valence-electron chi connectivity index (χ3n) is 2.02. The van der Waals surface area contributed by atoms with Gasteiger partial charge in [-0.05, 0) is 0 Å².